The van der Waals surface area contributed by atoms with Gasteiger partial charge in [-0.05, 0) is 96.3 Å². The molecule has 69 heavy (non-hydrogen) atoms. The average molecular weight is 953 g/mol. The Labute approximate surface area is 424 Å². The molecule has 0 saturated carbocycles. The first-order valence-corrected chi connectivity index (χ1v) is 27.7. The molecule has 388 valence electrons. The Bertz CT molecular complexity index is 1510. The van der Waals surface area contributed by atoms with Crippen LogP contribution in [0.3, 0.4) is 0 Å². The summed E-state index contributed by atoms with van der Waals surface area (Å²) in [5, 5.41) is 0. The van der Waals surface area contributed by atoms with Crippen molar-refractivity contribution in [3.8, 4) is 0 Å². The maximum absolute atomic E-state index is 12.8. The number of ether oxygens (including phenoxy) is 3. The second kappa shape index (κ2) is 56.1. The van der Waals surface area contributed by atoms with Crippen LogP contribution in [0.5, 0.6) is 0 Å². The number of rotatable bonds is 48. The summed E-state index contributed by atoms with van der Waals surface area (Å²) in [6.07, 6.45) is 78.9. The normalized spacial score (nSPS) is 13.1. The largest absolute Gasteiger partial charge is 0.462 e. The molecule has 1 atom stereocenters. The second-order valence-corrected chi connectivity index (χ2v) is 17.8. The molecule has 6 nitrogen and oxygen atoms in total. The molecule has 0 aliphatic carbocycles. The summed E-state index contributed by atoms with van der Waals surface area (Å²) in [7, 11) is 0. The van der Waals surface area contributed by atoms with Gasteiger partial charge < -0.3 is 14.2 Å². The van der Waals surface area contributed by atoms with E-state index >= 15 is 0 Å². The minimum absolute atomic E-state index is 0.134. The van der Waals surface area contributed by atoms with Crippen LogP contribution in [0.25, 0.3) is 0 Å². The van der Waals surface area contributed by atoms with Crippen LogP contribution < -0.4 is 0 Å². The van der Waals surface area contributed by atoms with E-state index in [1.807, 2.05) is 24.3 Å². The first-order valence-electron chi connectivity index (χ1n) is 27.7. The third kappa shape index (κ3) is 54.4. The Balaban J connectivity index is 4.63. The van der Waals surface area contributed by atoms with Crippen molar-refractivity contribution >= 4 is 17.9 Å². The summed E-state index contributed by atoms with van der Waals surface area (Å²) in [5.41, 5.74) is 0. The van der Waals surface area contributed by atoms with Crippen LogP contribution in [-0.2, 0) is 28.6 Å². The molecule has 0 aromatic rings. The van der Waals surface area contributed by atoms with E-state index in [0.29, 0.717) is 19.3 Å². The molecule has 0 rings (SSSR count). The van der Waals surface area contributed by atoms with E-state index in [2.05, 4.69) is 130 Å². The molecular formula is C63H100O6. The minimum Gasteiger partial charge on any atom is -0.462 e. The molecule has 0 saturated heterocycles. The molecule has 0 aliphatic heterocycles. The van der Waals surface area contributed by atoms with Crippen molar-refractivity contribution < 1.29 is 28.6 Å². The minimum atomic E-state index is -0.852. The summed E-state index contributed by atoms with van der Waals surface area (Å²) in [4.78, 5) is 38.0. The van der Waals surface area contributed by atoms with Gasteiger partial charge in [-0.1, -0.05) is 244 Å². The number of unbranched alkanes of at least 4 members (excludes halogenated alkanes) is 15. The smallest absolute Gasteiger partial charge is 0.306 e. The number of allylic oxidation sites excluding steroid dienone is 22. The van der Waals surface area contributed by atoms with Gasteiger partial charge in [0.05, 0.1) is 0 Å². The lowest BCUT2D eigenvalue weighted by molar-refractivity contribution is -0.166. The highest BCUT2D eigenvalue weighted by Crippen LogP contribution is 2.14. The van der Waals surface area contributed by atoms with E-state index in [-0.39, 0.29) is 38.0 Å². The van der Waals surface area contributed by atoms with E-state index in [0.717, 1.165) is 83.5 Å². The lowest BCUT2D eigenvalue weighted by Gasteiger charge is -2.18. The molecular weight excluding hydrogens is 853 g/mol. The van der Waals surface area contributed by atoms with Gasteiger partial charge in [-0.15, -0.1) is 0 Å². The Morgan fingerprint density at radius 1 is 0.304 bits per heavy atom. The Morgan fingerprint density at radius 2 is 0.594 bits per heavy atom. The Kier molecular flexibility index (Phi) is 52.5. The van der Waals surface area contributed by atoms with Crippen LogP contribution in [-0.4, -0.2) is 37.2 Å². The van der Waals surface area contributed by atoms with Gasteiger partial charge in [-0.2, -0.15) is 0 Å². The highest BCUT2D eigenvalue weighted by molar-refractivity contribution is 5.71. The van der Waals surface area contributed by atoms with Gasteiger partial charge in [0.25, 0.3) is 0 Å². The number of hydrogen-bond donors (Lipinski definition) is 0. The quantitative estimate of drug-likeness (QED) is 0.0262. The fraction of sp³-hybridized carbons (Fsp3) is 0.603. The molecule has 0 radical (unpaired) electrons. The van der Waals surface area contributed by atoms with Crippen molar-refractivity contribution in [1.29, 1.82) is 0 Å². The third-order valence-corrected chi connectivity index (χ3v) is 11.2. The molecule has 0 fully saturated rings. The molecule has 0 amide bonds. The molecule has 0 bridgehead atoms. The van der Waals surface area contributed by atoms with E-state index in [1.54, 1.807) is 0 Å². The number of hydrogen-bond acceptors (Lipinski definition) is 6. The van der Waals surface area contributed by atoms with Crippen LogP contribution >= 0.6 is 0 Å². The van der Waals surface area contributed by atoms with Gasteiger partial charge in [-0.25, -0.2) is 0 Å². The van der Waals surface area contributed by atoms with Gasteiger partial charge in [0.15, 0.2) is 6.10 Å². The van der Waals surface area contributed by atoms with Crippen LogP contribution in [0.15, 0.2) is 134 Å². The molecule has 0 spiro atoms. The lowest BCUT2D eigenvalue weighted by Crippen LogP contribution is -2.30. The lowest BCUT2D eigenvalue weighted by atomic mass is 10.0. The van der Waals surface area contributed by atoms with Crippen molar-refractivity contribution in [3.05, 3.63) is 134 Å². The summed E-state index contributed by atoms with van der Waals surface area (Å²) in [6, 6.07) is 0. The average Bonchev–Trinajstić information content (AvgIpc) is 3.35. The van der Waals surface area contributed by atoms with Crippen molar-refractivity contribution in [2.45, 2.75) is 232 Å². The predicted molar refractivity (Wildman–Crippen MR) is 297 cm³/mol. The van der Waals surface area contributed by atoms with Crippen molar-refractivity contribution in [3.63, 3.8) is 0 Å². The molecule has 0 N–H and O–H groups in total. The van der Waals surface area contributed by atoms with Crippen molar-refractivity contribution in [2.24, 2.45) is 0 Å². The molecule has 0 aromatic carbocycles. The summed E-state index contributed by atoms with van der Waals surface area (Å²) >= 11 is 0. The molecule has 0 heterocycles. The Morgan fingerprint density at radius 3 is 0.971 bits per heavy atom. The van der Waals surface area contributed by atoms with Gasteiger partial charge in [0, 0.05) is 19.3 Å². The van der Waals surface area contributed by atoms with Crippen LogP contribution in [0, 0.1) is 0 Å². The topological polar surface area (TPSA) is 78.9 Å². The third-order valence-electron chi connectivity index (χ3n) is 11.2. The molecule has 0 aliphatic rings. The van der Waals surface area contributed by atoms with E-state index in [4.69, 9.17) is 14.2 Å². The highest BCUT2D eigenvalue weighted by Gasteiger charge is 2.19. The van der Waals surface area contributed by atoms with E-state index in [1.165, 1.54) is 89.9 Å². The summed E-state index contributed by atoms with van der Waals surface area (Å²) < 4.78 is 16.7. The van der Waals surface area contributed by atoms with E-state index in [9.17, 15) is 14.4 Å². The standard InChI is InChI=1S/C63H100O6/c1-4-7-10-13-16-19-22-25-27-29-31-33-35-38-41-44-47-50-53-56-62(65)68-59-60(58-67-61(64)55-52-49-46-43-40-37-24-21-18-15-12-9-6-3)69-63(66)57-54-51-48-45-42-39-36-34-32-30-28-26-23-20-17-14-11-8-5-2/h8,11,16-17,19-20,25-28,31-34,38-39,41-42,47-48,50-51,60H,4-7,9-10,12-15,18,21-24,29-30,35-37,40,43-46,49,52-59H2,1-3H3/b11-8-,19-16-,20-17-,27-25-,28-26-,33-31-,34-32-,41-38-,42-39-,50-47-,51-48-/t60-/m0/s1. The summed E-state index contributed by atoms with van der Waals surface area (Å²) in [5.74, 6) is -1.11. The fourth-order valence-corrected chi connectivity index (χ4v) is 7.04. The highest BCUT2D eigenvalue weighted by atomic mass is 16.6. The SMILES string of the molecule is CC/C=C\C/C=C\C/C=C\C/C=C\C/C=C\C/C=C\CCC(=O)O[C@H](COC(=O)CC/C=C\C/C=C\C/C=C\C/C=C\C/C=C\CCCCC)COC(=O)CCCCCCCCCCCCCCC. The van der Waals surface area contributed by atoms with Crippen molar-refractivity contribution in [1.82, 2.24) is 0 Å². The van der Waals surface area contributed by atoms with Crippen LogP contribution in [0.1, 0.15) is 226 Å². The first kappa shape index (κ1) is 64.5. The zero-order chi connectivity index (χ0) is 50.0. The van der Waals surface area contributed by atoms with Gasteiger partial charge in [-0.3, -0.25) is 14.4 Å². The van der Waals surface area contributed by atoms with Gasteiger partial charge in [0.1, 0.15) is 13.2 Å². The molecule has 0 aromatic heterocycles. The zero-order valence-electron chi connectivity index (χ0n) is 44.3. The Hall–Kier alpha value is -4.45. The molecule has 6 heteroatoms. The maximum Gasteiger partial charge on any atom is 0.306 e. The number of carbonyl (C=O) groups is 3. The zero-order valence-corrected chi connectivity index (χ0v) is 44.3. The second-order valence-electron chi connectivity index (χ2n) is 17.8. The van der Waals surface area contributed by atoms with Crippen LogP contribution in [0.2, 0.25) is 0 Å². The number of carbonyl (C=O) groups excluding carboxylic acids is 3. The monoisotopic (exact) mass is 953 g/mol. The molecule has 0 unspecified atom stereocenters. The van der Waals surface area contributed by atoms with Gasteiger partial charge in [0.2, 0.25) is 0 Å². The van der Waals surface area contributed by atoms with Crippen LogP contribution in [0.4, 0.5) is 0 Å². The summed E-state index contributed by atoms with van der Waals surface area (Å²) in [6.45, 7) is 6.36. The predicted octanol–water partition coefficient (Wildman–Crippen LogP) is 18.6. The number of esters is 3. The van der Waals surface area contributed by atoms with E-state index < -0.39 is 12.1 Å². The van der Waals surface area contributed by atoms with Crippen molar-refractivity contribution in [2.75, 3.05) is 13.2 Å². The first-order chi connectivity index (χ1) is 34.0. The van der Waals surface area contributed by atoms with Gasteiger partial charge >= 0.3 is 17.9 Å². The maximum atomic E-state index is 12.8. The fourth-order valence-electron chi connectivity index (χ4n) is 7.04.